The third-order valence-corrected chi connectivity index (χ3v) is 10.1. The molecule has 2 fully saturated rings. The van der Waals surface area contributed by atoms with Crippen LogP contribution in [0.25, 0.3) is 39.5 Å². The zero-order valence-corrected chi connectivity index (χ0v) is 27.0. The minimum atomic E-state index is -1.01. The number of hydrogen-bond acceptors (Lipinski definition) is 8. The number of amides is 1. The highest BCUT2D eigenvalue weighted by Gasteiger charge is 2.41. The molecule has 1 unspecified atom stereocenters. The molecule has 1 saturated carbocycles. The number of ether oxygens (including phenoxy) is 1. The Labute approximate surface area is 271 Å². The van der Waals surface area contributed by atoms with E-state index in [4.69, 9.17) is 20.4 Å². The molecule has 236 valence electrons. The molecule has 1 saturated heterocycles. The SMILES string of the molecule is CC(C)(C)OC(=O)NC1(c2ccc(-n3c(-c4cccnc4N)nc4ccc(-c5cccc(N6CCC[S+]6[O-])c5)nc43)cc2)CCC1. The Morgan fingerprint density at radius 2 is 1.80 bits per heavy atom. The fourth-order valence-corrected chi connectivity index (χ4v) is 7.48. The van der Waals surface area contributed by atoms with Gasteiger partial charge in [-0.3, -0.25) is 4.57 Å². The van der Waals surface area contributed by atoms with Gasteiger partial charge in [0, 0.05) is 23.9 Å². The molecule has 0 radical (unpaired) electrons. The minimum Gasteiger partial charge on any atom is -0.593 e. The summed E-state index contributed by atoms with van der Waals surface area (Å²) in [5.74, 6) is 1.69. The average Bonchev–Trinajstić information content (AvgIpc) is 3.61. The molecule has 1 amide bonds. The molecule has 1 aliphatic carbocycles. The lowest BCUT2D eigenvalue weighted by Gasteiger charge is -2.43. The van der Waals surface area contributed by atoms with Gasteiger partial charge in [0.2, 0.25) is 0 Å². The number of fused-ring (bicyclic) bond motifs is 1. The lowest BCUT2D eigenvalue weighted by Crippen LogP contribution is -2.52. The van der Waals surface area contributed by atoms with Crippen LogP contribution in [0.5, 0.6) is 0 Å². The Balaban J connectivity index is 1.30. The number of anilines is 2. The fourth-order valence-electron chi connectivity index (χ4n) is 6.21. The van der Waals surface area contributed by atoms with Crippen LogP contribution < -0.4 is 15.4 Å². The standard InChI is InChI=1S/C35H37N7O3S/c1-34(2,3)45-33(43)40-35(17-6-18-35)24-11-13-25(14-12-24)42-31(27-10-5-19-37-30(27)36)39-29-16-15-28(38-32(29)42)23-8-4-9-26(22-23)41-20-7-21-46(41)44/h4-5,8-16,19,22H,6-7,17-18,20-21H2,1-3H3,(H2,36,37)(H,40,43). The van der Waals surface area contributed by atoms with Gasteiger partial charge in [0.25, 0.3) is 0 Å². The molecule has 7 rings (SSSR count). The Morgan fingerprint density at radius 3 is 2.48 bits per heavy atom. The van der Waals surface area contributed by atoms with Crippen molar-refractivity contribution in [2.75, 3.05) is 22.3 Å². The van der Waals surface area contributed by atoms with Gasteiger partial charge in [-0.2, -0.15) is 4.31 Å². The van der Waals surface area contributed by atoms with Crippen molar-refractivity contribution in [3.05, 3.63) is 84.6 Å². The molecular weight excluding hydrogens is 598 g/mol. The van der Waals surface area contributed by atoms with Crippen LogP contribution in [0.4, 0.5) is 16.3 Å². The van der Waals surface area contributed by atoms with E-state index < -0.39 is 28.6 Å². The summed E-state index contributed by atoms with van der Waals surface area (Å²) in [5.41, 5.74) is 11.9. The molecule has 46 heavy (non-hydrogen) atoms. The zero-order valence-electron chi connectivity index (χ0n) is 26.2. The third kappa shape index (κ3) is 5.65. The Morgan fingerprint density at radius 1 is 1.00 bits per heavy atom. The first-order valence-corrected chi connectivity index (χ1v) is 16.9. The summed E-state index contributed by atoms with van der Waals surface area (Å²) in [7, 11) is 0. The van der Waals surface area contributed by atoms with E-state index in [1.165, 1.54) is 0 Å². The van der Waals surface area contributed by atoms with Gasteiger partial charge in [0.1, 0.15) is 22.7 Å². The maximum atomic E-state index is 12.7. The van der Waals surface area contributed by atoms with Crippen LogP contribution in [-0.4, -0.2) is 48.1 Å². The Kier molecular flexibility index (Phi) is 7.60. The second-order valence-electron chi connectivity index (χ2n) is 12.9. The van der Waals surface area contributed by atoms with E-state index in [-0.39, 0.29) is 0 Å². The second kappa shape index (κ2) is 11.6. The van der Waals surface area contributed by atoms with E-state index >= 15 is 0 Å². The zero-order chi connectivity index (χ0) is 32.1. The Bertz CT molecular complexity index is 1910. The fraction of sp³-hybridized carbons (Fsp3) is 0.314. The number of nitrogens with one attached hydrogen (secondary N) is 1. The number of carbonyl (C=O) groups excluding carboxylic acids is 1. The lowest BCUT2D eigenvalue weighted by molar-refractivity contribution is 0.0377. The minimum absolute atomic E-state index is 0.372. The molecule has 1 aliphatic heterocycles. The highest BCUT2D eigenvalue weighted by atomic mass is 32.2. The molecule has 2 aromatic carbocycles. The molecule has 2 aliphatic rings. The first-order chi connectivity index (χ1) is 22.1. The number of aromatic nitrogens is 4. The number of hydrogen-bond donors (Lipinski definition) is 2. The van der Waals surface area contributed by atoms with Crippen LogP contribution in [0.15, 0.2) is 79.0 Å². The first kappa shape index (κ1) is 30.1. The number of benzene rings is 2. The number of nitrogen functional groups attached to an aromatic ring is 1. The highest BCUT2D eigenvalue weighted by molar-refractivity contribution is 7.93. The maximum absolute atomic E-state index is 12.7. The number of pyridine rings is 2. The van der Waals surface area contributed by atoms with Gasteiger partial charge in [-0.05, 0) is 94.1 Å². The van der Waals surface area contributed by atoms with E-state index in [9.17, 15) is 9.35 Å². The van der Waals surface area contributed by atoms with E-state index in [0.717, 1.165) is 60.4 Å². The van der Waals surface area contributed by atoms with Crippen molar-refractivity contribution in [2.24, 2.45) is 0 Å². The van der Waals surface area contributed by atoms with Crippen molar-refractivity contribution in [3.8, 4) is 28.3 Å². The Hall–Kier alpha value is -4.61. The summed E-state index contributed by atoms with van der Waals surface area (Å²) in [4.78, 5) is 27.2. The molecule has 1 atom stereocenters. The van der Waals surface area contributed by atoms with Crippen molar-refractivity contribution in [3.63, 3.8) is 0 Å². The second-order valence-corrected chi connectivity index (χ2v) is 14.4. The maximum Gasteiger partial charge on any atom is 0.408 e. The average molecular weight is 636 g/mol. The van der Waals surface area contributed by atoms with Gasteiger partial charge in [0.05, 0.1) is 40.4 Å². The van der Waals surface area contributed by atoms with Crippen molar-refractivity contribution < 1.29 is 14.1 Å². The van der Waals surface area contributed by atoms with Crippen LogP contribution in [0.1, 0.15) is 52.0 Å². The summed E-state index contributed by atoms with van der Waals surface area (Å²) in [6.45, 7) is 6.37. The number of nitrogens with zero attached hydrogens (tertiary/aromatic N) is 5. The van der Waals surface area contributed by atoms with E-state index in [2.05, 4.69) is 22.4 Å². The van der Waals surface area contributed by atoms with Gasteiger partial charge in [-0.25, -0.2) is 19.7 Å². The largest absolute Gasteiger partial charge is 0.593 e. The van der Waals surface area contributed by atoms with Crippen LogP contribution in [-0.2, 0) is 21.6 Å². The summed E-state index contributed by atoms with van der Waals surface area (Å²) < 4.78 is 22.1. The van der Waals surface area contributed by atoms with E-state index in [1.54, 1.807) is 6.20 Å². The monoisotopic (exact) mass is 635 g/mol. The lowest BCUT2D eigenvalue weighted by atomic mass is 9.72. The molecule has 3 aromatic heterocycles. The van der Waals surface area contributed by atoms with E-state index in [0.29, 0.717) is 34.1 Å². The van der Waals surface area contributed by atoms with Crippen molar-refractivity contribution in [1.29, 1.82) is 0 Å². The topological polar surface area (TPSA) is 134 Å². The smallest absolute Gasteiger partial charge is 0.408 e. The van der Waals surface area contributed by atoms with Crippen molar-refractivity contribution >= 4 is 40.1 Å². The number of rotatable bonds is 6. The van der Waals surface area contributed by atoms with Gasteiger partial charge in [0.15, 0.2) is 11.5 Å². The quantitative estimate of drug-likeness (QED) is 0.202. The molecule has 11 heteroatoms. The number of carbonyl (C=O) groups is 1. The summed E-state index contributed by atoms with van der Waals surface area (Å²) >= 11 is -1.01. The first-order valence-electron chi connectivity index (χ1n) is 15.6. The number of alkyl carbamates (subject to hydrolysis) is 1. The summed E-state index contributed by atoms with van der Waals surface area (Å²) in [5, 5.41) is 3.14. The predicted molar refractivity (Wildman–Crippen MR) is 182 cm³/mol. The molecule has 0 spiro atoms. The van der Waals surface area contributed by atoms with Crippen LogP contribution in [0, 0.1) is 0 Å². The van der Waals surface area contributed by atoms with E-state index in [1.807, 2.05) is 90.3 Å². The van der Waals surface area contributed by atoms with Gasteiger partial charge >= 0.3 is 6.09 Å². The van der Waals surface area contributed by atoms with Crippen molar-refractivity contribution in [1.82, 2.24) is 24.8 Å². The van der Waals surface area contributed by atoms with Gasteiger partial charge < -0.3 is 20.3 Å². The van der Waals surface area contributed by atoms with Crippen LogP contribution in [0.3, 0.4) is 0 Å². The van der Waals surface area contributed by atoms with Crippen molar-refractivity contribution in [2.45, 2.75) is 57.6 Å². The van der Waals surface area contributed by atoms with Gasteiger partial charge in [-0.1, -0.05) is 24.3 Å². The summed E-state index contributed by atoms with van der Waals surface area (Å²) in [6, 6.07) is 23.9. The molecule has 10 nitrogen and oxygen atoms in total. The molecule has 5 aromatic rings. The van der Waals surface area contributed by atoms with Crippen LogP contribution in [0.2, 0.25) is 0 Å². The number of nitrogens with two attached hydrogens (primary N) is 1. The molecule has 0 bridgehead atoms. The highest BCUT2D eigenvalue weighted by Crippen LogP contribution is 2.42. The summed E-state index contributed by atoms with van der Waals surface area (Å²) in [6.07, 6.45) is 4.86. The van der Waals surface area contributed by atoms with Gasteiger partial charge in [-0.15, -0.1) is 0 Å². The normalized spacial score (nSPS) is 17.6. The predicted octanol–water partition coefficient (Wildman–Crippen LogP) is 6.51. The molecular formula is C35H37N7O3S. The molecule has 3 N–H and O–H groups in total. The van der Waals surface area contributed by atoms with Crippen LogP contribution >= 0.6 is 0 Å². The molecule has 4 heterocycles. The third-order valence-electron chi connectivity index (χ3n) is 8.57. The number of imidazole rings is 1.